The van der Waals surface area contributed by atoms with E-state index < -0.39 is 18.2 Å². The third-order valence-electron chi connectivity index (χ3n) is 3.39. The smallest absolute Gasteiger partial charge is 0.332 e. The fourth-order valence-corrected chi connectivity index (χ4v) is 2.30. The van der Waals surface area contributed by atoms with Gasteiger partial charge in [0, 0.05) is 6.20 Å². The number of nitrogens with one attached hydrogen (secondary N) is 1. The number of hydrogen-bond donors (Lipinski definition) is 2. The molecule has 2 unspecified atom stereocenters. The van der Waals surface area contributed by atoms with Crippen molar-refractivity contribution in [2.24, 2.45) is 0 Å². The van der Waals surface area contributed by atoms with Crippen molar-refractivity contribution >= 4 is 17.5 Å². The minimum Gasteiger partial charge on any atom is -0.479 e. The number of rotatable bonds is 4. The van der Waals surface area contributed by atoms with Gasteiger partial charge >= 0.3 is 5.97 Å². The van der Waals surface area contributed by atoms with Crippen LogP contribution in [0.5, 0.6) is 0 Å². The Balaban J connectivity index is 1.60. The van der Waals surface area contributed by atoms with Crippen LogP contribution in [0.3, 0.4) is 0 Å². The molecule has 0 aromatic carbocycles. The summed E-state index contributed by atoms with van der Waals surface area (Å²) in [5.74, 6) is -0.757. The van der Waals surface area contributed by atoms with Crippen LogP contribution in [0.25, 0.3) is 5.65 Å². The topological polar surface area (TPSA) is 106 Å². The summed E-state index contributed by atoms with van der Waals surface area (Å²) in [6.07, 6.45) is 0.952. The number of amides is 1. The number of fused-ring (bicyclic) bond motifs is 1. The maximum absolute atomic E-state index is 12.0. The van der Waals surface area contributed by atoms with Crippen LogP contribution in [-0.4, -0.2) is 43.8 Å². The number of aromatic nitrogens is 3. The van der Waals surface area contributed by atoms with Crippen molar-refractivity contribution in [2.45, 2.75) is 31.6 Å². The number of ether oxygens (including phenoxy) is 1. The molecule has 2 aromatic rings. The normalized spacial score (nSPS) is 21.5. The fourth-order valence-electron chi connectivity index (χ4n) is 2.30. The molecular formula is C13H14N4O4. The molecule has 0 aliphatic carbocycles. The van der Waals surface area contributed by atoms with Gasteiger partial charge in [0.15, 0.2) is 17.6 Å². The lowest BCUT2D eigenvalue weighted by atomic mass is 10.2. The van der Waals surface area contributed by atoms with Gasteiger partial charge in [-0.1, -0.05) is 6.07 Å². The van der Waals surface area contributed by atoms with Crippen molar-refractivity contribution in [2.75, 3.05) is 0 Å². The van der Waals surface area contributed by atoms with Crippen LogP contribution in [0.15, 0.2) is 24.4 Å². The van der Waals surface area contributed by atoms with E-state index in [0.717, 1.165) is 0 Å². The highest BCUT2D eigenvalue weighted by molar-refractivity contribution is 5.82. The summed E-state index contributed by atoms with van der Waals surface area (Å²) in [5, 5.41) is 19.5. The lowest BCUT2D eigenvalue weighted by Crippen LogP contribution is -2.35. The third kappa shape index (κ3) is 2.70. The molecule has 3 rings (SSSR count). The molecule has 1 fully saturated rings. The molecule has 21 heavy (non-hydrogen) atoms. The first kappa shape index (κ1) is 13.5. The van der Waals surface area contributed by atoms with Crippen LogP contribution in [0.2, 0.25) is 0 Å². The van der Waals surface area contributed by atoms with Crippen LogP contribution in [0.1, 0.15) is 18.7 Å². The monoisotopic (exact) mass is 290 g/mol. The number of carbonyl (C=O) groups excluding carboxylic acids is 1. The summed E-state index contributed by atoms with van der Waals surface area (Å²) in [5.41, 5.74) is 0.699. The minimum atomic E-state index is -1.03. The molecule has 110 valence electrons. The van der Waals surface area contributed by atoms with Crippen LogP contribution in [-0.2, 0) is 20.9 Å². The highest BCUT2D eigenvalue weighted by atomic mass is 16.5. The molecule has 1 saturated heterocycles. The van der Waals surface area contributed by atoms with Gasteiger partial charge in [0.05, 0.1) is 6.54 Å². The van der Waals surface area contributed by atoms with Crippen molar-refractivity contribution < 1.29 is 19.4 Å². The van der Waals surface area contributed by atoms with Gasteiger partial charge in [-0.3, -0.25) is 9.20 Å². The molecule has 1 amide bonds. The van der Waals surface area contributed by atoms with E-state index in [1.54, 1.807) is 4.40 Å². The molecule has 3 heterocycles. The Kier molecular flexibility index (Phi) is 3.53. The number of pyridine rings is 1. The van der Waals surface area contributed by atoms with Gasteiger partial charge in [0.1, 0.15) is 6.10 Å². The van der Waals surface area contributed by atoms with E-state index >= 15 is 0 Å². The molecule has 0 saturated carbocycles. The summed E-state index contributed by atoms with van der Waals surface area (Å²) in [6.45, 7) is 0.210. The average Bonchev–Trinajstić information content (AvgIpc) is 3.12. The van der Waals surface area contributed by atoms with E-state index in [-0.39, 0.29) is 12.5 Å². The summed E-state index contributed by atoms with van der Waals surface area (Å²) >= 11 is 0. The lowest BCUT2D eigenvalue weighted by Gasteiger charge is -2.11. The van der Waals surface area contributed by atoms with E-state index in [2.05, 4.69) is 15.5 Å². The standard InChI is InChI=1S/C13H14N4O4/c18-12(8-4-5-9(21-8)13(19)20)14-7-11-16-15-10-3-1-2-6-17(10)11/h1-3,6,8-9H,4-5,7H2,(H,14,18)(H,19,20). The summed E-state index contributed by atoms with van der Waals surface area (Å²) in [6, 6.07) is 5.51. The zero-order valence-corrected chi connectivity index (χ0v) is 11.1. The van der Waals surface area contributed by atoms with E-state index in [4.69, 9.17) is 9.84 Å². The molecule has 8 nitrogen and oxygen atoms in total. The van der Waals surface area contributed by atoms with Gasteiger partial charge < -0.3 is 15.2 Å². The predicted molar refractivity (Wildman–Crippen MR) is 70.4 cm³/mol. The molecular weight excluding hydrogens is 276 g/mol. The fraction of sp³-hybridized carbons (Fsp3) is 0.385. The molecule has 2 N–H and O–H groups in total. The van der Waals surface area contributed by atoms with E-state index in [1.165, 1.54) is 0 Å². The number of hydrogen-bond acceptors (Lipinski definition) is 5. The van der Waals surface area contributed by atoms with E-state index in [1.807, 2.05) is 24.4 Å². The summed E-state index contributed by atoms with van der Waals surface area (Å²) in [7, 11) is 0. The number of carboxylic acid groups (broad SMARTS) is 1. The van der Waals surface area contributed by atoms with Crippen molar-refractivity contribution in [3.63, 3.8) is 0 Å². The Morgan fingerprint density at radius 3 is 2.90 bits per heavy atom. The molecule has 2 atom stereocenters. The lowest BCUT2D eigenvalue weighted by molar-refractivity contribution is -0.151. The molecule has 1 aliphatic heterocycles. The molecule has 8 heteroatoms. The predicted octanol–water partition coefficient (Wildman–Crippen LogP) is -0.0223. The van der Waals surface area contributed by atoms with Gasteiger partial charge in [-0.05, 0) is 25.0 Å². The van der Waals surface area contributed by atoms with E-state index in [0.29, 0.717) is 24.3 Å². The number of nitrogens with zero attached hydrogens (tertiary/aromatic N) is 3. The molecule has 0 bridgehead atoms. The average molecular weight is 290 g/mol. The second-order valence-electron chi connectivity index (χ2n) is 4.79. The summed E-state index contributed by atoms with van der Waals surface area (Å²) in [4.78, 5) is 22.7. The minimum absolute atomic E-state index is 0.210. The maximum atomic E-state index is 12.0. The van der Waals surface area contributed by atoms with Crippen molar-refractivity contribution in [1.29, 1.82) is 0 Å². The van der Waals surface area contributed by atoms with Crippen molar-refractivity contribution in [3.8, 4) is 0 Å². The van der Waals surface area contributed by atoms with Crippen LogP contribution in [0, 0.1) is 0 Å². The van der Waals surface area contributed by atoms with Gasteiger partial charge in [0.25, 0.3) is 0 Å². The second-order valence-corrected chi connectivity index (χ2v) is 4.79. The molecule has 0 radical (unpaired) electrons. The van der Waals surface area contributed by atoms with Crippen LogP contribution < -0.4 is 5.32 Å². The highest BCUT2D eigenvalue weighted by Gasteiger charge is 2.34. The molecule has 2 aromatic heterocycles. The van der Waals surface area contributed by atoms with Gasteiger partial charge in [0.2, 0.25) is 5.91 Å². The Hall–Kier alpha value is -2.48. The third-order valence-corrected chi connectivity index (χ3v) is 3.39. The molecule has 1 aliphatic rings. The quantitative estimate of drug-likeness (QED) is 0.819. The van der Waals surface area contributed by atoms with Crippen molar-refractivity contribution in [3.05, 3.63) is 30.2 Å². The first-order valence-electron chi connectivity index (χ1n) is 6.60. The number of carboxylic acids is 1. The number of aliphatic carboxylic acids is 1. The first-order chi connectivity index (χ1) is 10.1. The Bertz CT molecular complexity index is 684. The Labute approximate surface area is 119 Å². The van der Waals surface area contributed by atoms with Crippen molar-refractivity contribution in [1.82, 2.24) is 19.9 Å². The van der Waals surface area contributed by atoms with Gasteiger partial charge in [-0.15, -0.1) is 10.2 Å². The SMILES string of the molecule is O=C(O)C1CCC(C(=O)NCc2nnc3ccccn23)O1. The summed E-state index contributed by atoms with van der Waals surface area (Å²) < 4.78 is 6.96. The largest absolute Gasteiger partial charge is 0.479 e. The second kappa shape index (κ2) is 5.49. The maximum Gasteiger partial charge on any atom is 0.332 e. The molecule has 0 spiro atoms. The van der Waals surface area contributed by atoms with E-state index in [9.17, 15) is 9.59 Å². The van der Waals surface area contributed by atoms with Crippen LogP contribution >= 0.6 is 0 Å². The highest BCUT2D eigenvalue weighted by Crippen LogP contribution is 2.20. The first-order valence-corrected chi connectivity index (χ1v) is 6.60. The van der Waals surface area contributed by atoms with Gasteiger partial charge in [-0.25, -0.2) is 4.79 Å². The Morgan fingerprint density at radius 2 is 2.14 bits per heavy atom. The number of carbonyl (C=O) groups is 2. The zero-order valence-electron chi connectivity index (χ0n) is 11.1. The van der Waals surface area contributed by atoms with Gasteiger partial charge in [-0.2, -0.15) is 0 Å². The Morgan fingerprint density at radius 1 is 1.33 bits per heavy atom. The van der Waals surface area contributed by atoms with Crippen LogP contribution in [0.4, 0.5) is 0 Å². The zero-order chi connectivity index (χ0) is 14.8.